The molecule has 0 bridgehead atoms. The first kappa shape index (κ1) is 17.6. The molecule has 0 spiro atoms. The first-order valence-corrected chi connectivity index (χ1v) is 8.60. The van der Waals surface area contributed by atoms with Gasteiger partial charge in [0.1, 0.15) is 12.9 Å². The fourth-order valence-electron chi connectivity index (χ4n) is 3.81. The lowest BCUT2D eigenvalue weighted by atomic mass is 9.77. The maximum absolute atomic E-state index is 12.3. The summed E-state index contributed by atoms with van der Waals surface area (Å²) in [6.45, 7) is 3.14. The predicted octanol–water partition coefficient (Wildman–Crippen LogP) is 0.00430. The van der Waals surface area contributed by atoms with E-state index in [2.05, 4.69) is 26.2 Å². The number of amides is 1. The minimum Gasteiger partial charge on any atom is -0.376 e. The number of fused-ring (bicyclic) bond motifs is 1. The Balaban J connectivity index is 0.00000169. The number of halogens is 1. The third kappa shape index (κ3) is 4.23. The fraction of sp³-hybridized carbons (Fsp3) is 0.867. The quantitative estimate of drug-likeness (QED) is 0.745. The zero-order valence-electron chi connectivity index (χ0n) is 13.6. The van der Waals surface area contributed by atoms with Gasteiger partial charge in [-0.15, -0.1) is 17.5 Å². The zero-order valence-corrected chi connectivity index (χ0v) is 14.5. The molecular formula is C15H25ClN6O2. The third-order valence-corrected chi connectivity index (χ3v) is 5.31. The molecule has 1 aromatic rings. The molecule has 2 heterocycles. The molecule has 1 saturated heterocycles. The van der Waals surface area contributed by atoms with Crippen LogP contribution in [0.3, 0.4) is 0 Å². The van der Waals surface area contributed by atoms with Crippen molar-refractivity contribution in [1.29, 1.82) is 0 Å². The summed E-state index contributed by atoms with van der Waals surface area (Å²) in [5.41, 5.74) is 0. The van der Waals surface area contributed by atoms with Gasteiger partial charge in [0.15, 0.2) is 0 Å². The van der Waals surface area contributed by atoms with Crippen molar-refractivity contribution >= 4 is 18.3 Å². The second kappa shape index (κ2) is 7.76. The summed E-state index contributed by atoms with van der Waals surface area (Å²) in [5, 5.41) is 17.5. The first-order chi connectivity index (χ1) is 11.3. The van der Waals surface area contributed by atoms with Crippen molar-refractivity contribution in [3.63, 3.8) is 0 Å². The predicted molar refractivity (Wildman–Crippen MR) is 88.5 cm³/mol. The van der Waals surface area contributed by atoms with Crippen molar-refractivity contribution < 1.29 is 9.53 Å². The van der Waals surface area contributed by atoms with Gasteiger partial charge in [0, 0.05) is 6.61 Å². The zero-order chi connectivity index (χ0) is 15.6. The van der Waals surface area contributed by atoms with Gasteiger partial charge in [-0.25, -0.2) is 4.68 Å². The number of rotatable bonds is 6. The highest BCUT2D eigenvalue weighted by atomic mass is 35.5. The van der Waals surface area contributed by atoms with Gasteiger partial charge in [0.05, 0.1) is 12.1 Å². The van der Waals surface area contributed by atoms with Crippen LogP contribution < -0.4 is 10.6 Å². The monoisotopic (exact) mass is 356 g/mol. The summed E-state index contributed by atoms with van der Waals surface area (Å²) in [5.74, 6) is 2.03. The smallest absolute Gasteiger partial charge is 0.242 e. The number of aromatic nitrogens is 4. The van der Waals surface area contributed by atoms with Gasteiger partial charge in [-0.3, -0.25) is 4.79 Å². The lowest BCUT2D eigenvalue weighted by Gasteiger charge is -2.38. The van der Waals surface area contributed by atoms with Gasteiger partial charge in [0.25, 0.3) is 0 Å². The molecule has 3 aliphatic rings. The summed E-state index contributed by atoms with van der Waals surface area (Å²) in [7, 11) is 0. The number of tetrazole rings is 1. The number of ether oxygens (including phenoxy) is 1. The third-order valence-electron chi connectivity index (χ3n) is 5.31. The molecule has 3 fully saturated rings. The van der Waals surface area contributed by atoms with Crippen LogP contribution in [-0.2, 0) is 16.1 Å². The normalized spacial score (nSPS) is 32.0. The molecule has 2 saturated carbocycles. The number of carbonyl (C=O) groups excluding carboxylic acids is 1. The Morgan fingerprint density at radius 3 is 2.79 bits per heavy atom. The van der Waals surface area contributed by atoms with Gasteiger partial charge in [-0.2, -0.15) is 0 Å². The summed E-state index contributed by atoms with van der Waals surface area (Å²) in [4.78, 5) is 12.3. The van der Waals surface area contributed by atoms with Crippen LogP contribution in [0.25, 0.3) is 0 Å². The Hall–Kier alpha value is -1.25. The molecule has 8 nitrogen and oxygen atoms in total. The number of nitrogens with one attached hydrogen (secondary N) is 2. The molecule has 24 heavy (non-hydrogen) atoms. The van der Waals surface area contributed by atoms with E-state index < -0.39 is 0 Å². The second-order valence-electron chi connectivity index (χ2n) is 7.15. The summed E-state index contributed by atoms with van der Waals surface area (Å²) in [6, 6.07) is 0.0962. The highest BCUT2D eigenvalue weighted by Gasteiger charge is 2.41. The van der Waals surface area contributed by atoms with Crippen molar-refractivity contribution in [1.82, 2.24) is 30.8 Å². The van der Waals surface area contributed by atoms with Crippen LogP contribution in [0.2, 0.25) is 0 Å². The van der Waals surface area contributed by atoms with Crippen LogP contribution >= 0.6 is 12.4 Å². The van der Waals surface area contributed by atoms with E-state index in [1.54, 1.807) is 0 Å². The minimum atomic E-state index is -0.0493. The Morgan fingerprint density at radius 2 is 2.08 bits per heavy atom. The number of carbonyl (C=O) groups is 1. The average Bonchev–Trinajstić information content (AvgIpc) is 3.02. The Kier molecular flexibility index (Phi) is 5.68. The lowest BCUT2D eigenvalue weighted by Crippen LogP contribution is -2.51. The van der Waals surface area contributed by atoms with E-state index in [1.807, 2.05) is 0 Å². The lowest BCUT2D eigenvalue weighted by molar-refractivity contribution is -0.125. The molecule has 9 heteroatoms. The van der Waals surface area contributed by atoms with E-state index in [0.29, 0.717) is 11.8 Å². The van der Waals surface area contributed by atoms with E-state index in [0.717, 1.165) is 38.5 Å². The summed E-state index contributed by atoms with van der Waals surface area (Å²) in [6.07, 6.45) is 6.20. The average molecular weight is 357 g/mol. The molecule has 4 rings (SSSR count). The fourth-order valence-corrected chi connectivity index (χ4v) is 3.81. The van der Waals surface area contributed by atoms with E-state index >= 15 is 0 Å². The van der Waals surface area contributed by atoms with Crippen molar-refractivity contribution in [3.8, 4) is 0 Å². The van der Waals surface area contributed by atoms with E-state index in [9.17, 15) is 4.79 Å². The first-order valence-electron chi connectivity index (χ1n) is 8.60. The number of hydrogen-bond acceptors (Lipinski definition) is 6. The van der Waals surface area contributed by atoms with Gasteiger partial charge < -0.3 is 15.4 Å². The van der Waals surface area contributed by atoms with Crippen LogP contribution in [0.1, 0.15) is 25.7 Å². The van der Waals surface area contributed by atoms with E-state index in [-0.39, 0.29) is 37.0 Å². The van der Waals surface area contributed by atoms with Crippen LogP contribution in [0.5, 0.6) is 0 Å². The molecule has 4 atom stereocenters. The van der Waals surface area contributed by atoms with Crippen molar-refractivity contribution in [2.45, 2.75) is 44.4 Å². The Labute approximate surface area is 147 Å². The minimum absolute atomic E-state index is 0. The van der Waals surface area contributed by atoms with Crippen LogP contribution in [0.15, 0.2) is 6.33 Å². The molecule has 0 radical (unpaired) electrons. The van der Waals surface area contributed by atoms with Gasteiger partial charge in [-0.05, 0) is 67.0 Å². The Morgan fingerprint density at radius 1 is 1.29 bits per heavy atom. The molecule has 1 aliphatic heterocycles. The van der Waals surface area contributed by atoms with Gasteiger partial charge in [-0.1, -0.05) is 0 Å². The highest BCUT2D eigenvalue weighted by Crippen LogP contribution is 2.36. The van der Waals surface area contributed by atoms with Crippen LogP contribution in [0.4, 0.5) is 0 Å². The summed E-state index contributed by atoms with van der Waals surface area (Å²) >= 11 is 0. The van der Waals surface area contributed by atoms with Crippen molar-refractivity contribution in [2.24, 2.45) is 17.8 Å². The summed E-state index contributed by atoms with van der Waals surface area (Å²) < 4.78 is 7.62. The van der Waals surface area contributed by atoms with Gasteiger partial charge in [0.2, 0.25) is 5.91 Å². The topological polar surface area (TPSA) is 94.0 Å². The molecule has 1 aromatic heterocycles. The van der Waals surface area contributed by atoms with Crippen LogP contribution in [0, 0.1) is 17.8 Å². The SMILES string of the molecule is Cl.O=C(Cn1cnnn1)N[C@H]1C[C@H]2CNC[C@H]2C[C@@H]1OCC1CC1. The highest BCUT2D eigenvalue weighted by molar-refractivity contribution is 5.85. The molecule has 1 amide bonds. The van der Waals surface area contributed by atoms with E-state index in [1.165, 1.54) is 23.9 Å². The molecule has 2 aliphatic carbocycles. The van der Waals surface area contributed by atoms with Crippen LogP contribution in [-0.4, -0.2) is 58.0 Å². The maximum Gasteiger partial charge on any atom is 0.242 e. The van der Waals surface area contributed by atoms with Gasteiger partial charge >= 0.3 is 0 Å². The molecule has 134 valence electrons. The van der Waals surface area contributed by atoms with Crippen molar-refractivity contribution in [3.05, 3.63) is 6.33 Å². The number of hydrogen-bond donors (Lipinski definition) is 2. The molecular weight excluding hydrogens is 332 g/mol. The second-order valence-corrected chi connectivity index (χ2v) is 7.15. The molecule has 0 aromatic carbocycles. The van der Waals surface area contributed by atoms with Crippen molar-refractivity contribution in [2.75, 3.05) is 19.7 Å². The number of nitrogens with zero attached hydrogens (tertiary/aromatic N) is 4. The molecule has 2 N–H and O–H groups in total. The maximum atomic E-state index is 12.3. The Bertz CT molecular complexity index is 538. The largest absolute Gasteiger partial charge is 0.376 e. The molecule has 0 unspecified atom stereocenters. The standard InChI is InChI=1S/C15H24N6O2.ClH/c22-15(7-21-9-17-19-20-21)18-13-3-11-5-16-6-12(11)4-14(13)23-8-10-1-2-10;/h9-14,16H,1-8H2,(H,18,22);1H/t11-,12+,13-,14-;/m0./s1. The van der Waals surface area contributed by atoms with E-state index in [4.69, 9.17) is 4.74 Å².